The summed E-state index contributed by atoms with van der Waals surface area (Å²) in [6.07, 6.45) is 0. The lowest BCUT2D eigenvalue weighted by atomic mass is 10.1. The Kier molecular flexibility index (Phi) is 5.65. The zero-order valence-electron chi connectivity index (χ0n) is 15.2. The Morgan fingerprint density at radius 3 is 2.20 bits per heavy atom. The summed E-state index contributed by atoms with van der Waals surface area (Å²) in [6.45, 7) is 7.55. The van der Waals surface area contributed by atoms with Gasteiger partial charge in [0.2, 0.25) is 10.0 Å². The normalized spacial score (nSPS) is 11.8. The molecule has 0 saturated carbocycles. The van der Waals surface area contributed by atoms with E-state index in [-0.39, 0.29) is 16.8 Å². The molecule has 0 bridgehead atoms. The predicted molar refractivity (Wildman–Crippen MR) is 100 cm³/mol. The average Bonchev–Trinajstić information content (AvgIpc) is 2.58. The fraction of sp³-hybridized carbons (Fsp3) is 0.316. The smallest absolute Gasteiger partial charge is 0.255 e. The molecule has 0 aliphatic rings. The first-order chi connectivity index (χ1) is 11.6. The molecule has 25 heavy (non-hydrogen) atoms. The van der Waals surface area contributed by atoms with Crippen molar-refractivity contribution in [2.75, 3.05) is 12.4 Å². The van der Waals surface area contributed by atoms with Crippen molar-refractivity contribution in [2.24, 2.45) is 0 Å². The molecular formula is C19H24N2O3S. The lowest BCUT2D eigenvalue weighted by Crippen LogP contribution is -2.33. The average molecular weight is 360 g/mol. The second kappa shape index (κ2) is 7.37. The van der Waals surface area contributed by atoms with Crippen LogP contribution in [0.4, 0.5) is 5.69 Å². The Hall–Kier alpha value is -2.18. The van der Waals surface area contributed by atoms with E-state index in [1.54, 1.807) is 7.05 Å². The van der Waals surface area contributed by atoms with Crippen LogP contribution in [0.15, 0.2) is 47.4 Å². The maximum Gasteiger partial charge on any atom is 0.255 e. The molecule has 0 unspecified atom stereocenters. The minimum atomic E-state index is -3.55. The van der Waals surface area contributed by atoms with Gasteiger partial charge >= 0.3 is 0 Å². The van der Waals surface area contributed by atoms with Crippen molar-refractivity contribution in [1.82, 2.24) is 4.31 Å². The van der Waals surface area contributed by atoms with E-state index in [1.165, 1.54) is 28.6 Å². The van der Waals surface area contributed by atoms with Crippen LogP contribution in [0.1, 0.15) is 35.3 Å². The van der Waals surface area contributed by atoms with Crippen LogP contribution in [-0.2, 0) is 10.0 Å². The highest BCUT2D eigenvalue weighted by molar-refractivity contribution is 7.89. The molecule has 0 radical (unpaired) electrons. The van der Waals surface area contributed by atoms with Gasteiger partial charge in [0.05, 0.1) is 4.90 Å². The van der Waals surface area contributed by atoms with Gasteiger partial charge in [0, 0.05) is 24.3 Å². The molecule has 1 amide bonds. The maximum atomic E-state index is 12.5. The SMILES string of the molecule is Cc1cccc(NC(=O)c2ccc(S(=O)(=O)N(C)C(C)C)cc2)c1C. The number of aryl methyl sites for hydroxylation is 1. The van der Waals surface area contributed by atoms with E-state index in [2.05, 4.69) is 5.32 Å². The molecular weight excluding hydrogens is 336 g/mol. The summed E-state index contributed by atoms with van der Waals surface area (Å²) in [4.78, 5) is 12.6. The number of sulfonamides is 1. The molecule has 0 spiro atoms. The van der Waals surface area contributed by atoms with Crippen molar-refractivity contribution in [2.45, 2.75) is 38.6 Å². The van der Waals surface area contributed by atoms with Gasteiger partial charge in [-0.05, 0) is 69.2 Å². The van der Waals surface area contributed by atoms with Crippen molar-refractivity contribution >= 4 is 21.6 Å². The van der Waals surface area contributed by atoms with Gasteiger partial charge in [-0.2, -0.15) is 4.31 Å². The Balaban J connectivity index is 2.22. The summed E-state index contributed by atoms with van der Waals surface area (Å²) >= 11 is 0. The minimum Gasteiger partial charge on any atom is -0.322 e. The van der Waals surface area contributed by atoms with Crippen LogP contribution in [0.25, 0.3) is 0 Å². The summed E-state index contributed by atoms with van der Waals surface area (Å²) in [5, 5.41) is 2.87. The Labute approximate surface area is 149 Å². The van der Waals surface area contributed by atoms with E-state index < -0.39 is 10.0 Å². The van der Waals surface area contributed by atoms with Crippen molar-refractivity contribution in [1.29, 1.82) is 0 Å². The zero-order chi connectivity index (χ0) is 18.8. The van der Waals surface area contributed by atoms with Crippen LogP contribution in [-0.4, -0.2) is 31.7 Å². The van der Waals surface area contributed by atoms with Crippen LogP contribution in [0, 0.1) is 13.8 Å². The largest absolute Gasteiger partial charge is 0.322 e. The van der Waals surface area contributed by atoms with Crippen LogP contribution in [0.3, 0.4) is 0 Å². The first-order valence-corrected chi connectivity index (χ1v) is 9.54. The fourth-order valence-corrected chi connectivity index (χ4v) is 3.67. The van der Waals surface area contributed by atoms with E-state index in [0.29, 0.717) is 5.56 Å². The summed E-state index contributed by atoms with van der Waals surface area (Å²) in [5.41, 5.74) is 3.26. The molecule has 0 heterocycles. The van der Waals surface area contributed by atoms with Crippen molar-refractivity contribution in [3.05, 3.63) is 59.2 Å². The van der Waals surface area contributed by atoms with Crippen molar-refractivity contribution < 1.29 is 13.2 Å². The van der Waals surface area contributed by atoms with Crippen LogP contribution in [0.5, 0.6) is 0 Å². The standard InChI is InChI=1S/C19H24N2O3S/c1-13(2)21(5)25(23,24)17-11-9-16(10-12-17)19(22)20-18-8-6-7-14(3)15(18)4/h6-13H,1-5H3,(H,20,22). The molecule has 0 aliphatic carbocycles. The Morgan fingerprint density at radius 1 is 1.04 bits per heavy atom. The number of carbonyl (C=O) groups is 1. The topological polar surface area (TPSA) is 66.5 Å². The molecule has 2 aromatic carbocycles. The van der Waals surface area contributed by atoms with Gasteiger partial charge in [0.25, 0.3) is 5.91 Å². The third-order valence-corrected chi connectivity index (χ3v) is 6.42. The first kappa shape index (κ1) is 19.1. The molecule has 5 nitrogen and oxygen atoms in total. The molecule has 2 rings (SSSR count). The van der Waals surface area contributed by atoms with E-state index in [4.69, 9.17) is 0 Å². The number of anilines is 1. The van der Waals surface area contributed by atoms with Crippen molar-refractivity contribution in [3.63, 3.8) is 0 Å². The quantitative estimate of drug-likeness (QED) is 0.886. The zero-order valence-corrected chi connectivity index (χ0v) is 16.0. The molecule has 6 heteroatoms. The van der Waals surface area contributed by atoms with Gasteiger partial charge in [-0.1, -0.05) is 12.1 Å². The fourth-order valence-electron chi connectivity index (χ4n) is 2.30. The number of hydrogen-bond acceptors (Lipinski definition) is 3. The Morgan fingerprint density at radius 2 is 1.64 bits per heavy atom. The minimum absolute atomic E-state index is 0.141. The number of amides is 1. The van der Waals surface area contributed by atoms with E-state index in [9.17, 15) is 13.2 Å². The van der Waals surface area contributed by atoms with Crippen molar-refractivity contribution in [3.8, 4) is 0 Å². The molecule has 1 N–H and O–H groups in total. The van der Waals surface area contributed by atoms with E-state index in [0.717, 1.165) is 16.8 Å². The highest BCUT2D eigenvalue weighted by Gasteiger charge is 2.23. The summed E-state index contributed by atoms with van der Waals surface area (Å²) in [5.74, 6) is -0.269. The van der Waals surface area contributed by atoms with Crippen LogP contribution < -0.4 is 5.32 Å². The number of benzene rings is 2. The third kappa shape index (κ3) is 4.08. The third-order valence-electron chi connectivity index (χ3n) is 4.37. The van der Waals surface area contributed by atoms with Crippen LogP contribution >= 0.6 is 0 Å². The number of nitrogens with one attached hydrogen (secondary N) is 1. The molecule has 0 aromatic heterocycles. The highest BCUT2D eigenvalue weighted by Crippen LogP contribution is 2.20. The highest BCUT2D eigenvalue weighted by atomic mass is 32.2. The monoisotopic (exact) mass is 360 g/mol. The van der Waals surface area contributed by atoms with Gasteiger partial charge in [-0.25, -0.2) is 8.42 Å². The number of hydrogen-bond donors (Lipinski definition) is 1. The van der Waals surface area contributed by atoms with Gasteiger partial charge in [0.1, 0.15) is 0 Å². The molecule has 134 valence electrons. The summed E-state index contributed by atoms with van der Waals surface area (Å²) in [6, 6.07) is 11.6. The predicted octanol–water partition coefficient (Wildman–Crippen LogP) is 3.58. The summed E-state index contributed by atoms with van der Waals surface area (Å²) in [7, 11) is -2.01. The lowest BCUT2D eigenvalue weighted by Gasteiger charge is -2.21. The molecule has 2 aromatic rings. The Bertz CT molecular complexity index is 872. The lowest BCUT2D eigenvalue weighted by molar-refractivity contribution is 0.102. The second-order valence-corrected chi connectivity index (χ2v) is 8.34. The number of carbonyl (C=O) groups excluding carboxylic acids is 1. The maximum absolute atomic E-state index is 12.5. The van der Waals surface area contributed by atoms with Gasteiger partial charge in [-0.3, -0.25) is 4.79 Å². The molecule has 0 aliphatic heterocycles. The number of nitrogens with zero attached hydrogens (tertiary/aromatic N) is 1. The van der Waals surface area contributed by atoms with Crippen LogP contribution in [0.2, 0.25) is 0 Å². The first-order valence-electron chi connectivity index (χ1n) is 8.10. The number of rotatable bonds is 5. The molecule has 0 saturated heterocycles. The van der Waals surface area contributed by atoms with Gasteiger partial charge in [-0.15, -0.1) is 0 Å². The molecule has 0 atom stereocenters. The van der Waals surface area contributed by atoms with E-state index >= 15 is 0 Å². The van der Waals surface area contributed by atoms with Gasteiger partial charge in [0.15, 0.2) is 0 Å². The summed E-state index contributed by atoms with van der Waals surface area (Å²) < 4.78 is 26.2. The molecule has 0 fully saturated rings. The second-order valence-electron chi connectivity index (χ2n) is 6.34. The van der Waals surface area contributed by atoms with E-state index in [1.807, 2.05) is 45.9 Å². The van der Waals surface area contributed by atoms with Gasteiger partial charge < -0.3 is 5.32 Å².